The van der Waals surface area contributed by atoms with Gasteiger partial charge < -0.3 is 62.1 Å². The van der Waals surface area contributed by atoms with E-state index in [9.17, 15) is 79.2 Å². The summed E-state index contributed by atoms with van der Waals surface area (Å²) >= 11 is 0. The molecule has 0 aromatic heterocycles. The molecule has 0 saturated carbocycles. The maximum absolute atomic E-state index is 16.1. The van der Waals surface area contributed by atoms with E-state index >= 15 is 52.7 Å². The number of halogens is 12. The molecule has 11 rings (SSSR count). The van der Waals surface area contributed by atoms with Crippen LogP contribution in [0.25, 0.3) is 22.3 Å². The zero-order chi connectivity index (χ0) is 79.7. The Morgan fingerprint density at radius 3 is 0.945 bits per heavy atom. The molecule has 1 aliphatic rings. The number of carbonyl (C=O) groups is 8. The largest absolute Gasteiger partial charge is 0.508 e. The lowest BCUT2D eigenvalue weighted by Crippen LogP contribution is -2.55. The monoisotopic (exact) mass is 1510 g/mol. The van der Waals surface area contributed by atoms with E-state index in [0.717, 1.165) is 43.4 Å². The molecular weight excluding hydrogens is 1460 g/mol. The molecule has 10 aromatic carbocycles. The van der Waals surface area contributed by atoms with Crippen molar-refractivity contribution in [3.8, 4) is 45.3 Å². The summed E-state index contributed by atoms with van der Waals surface area (Å²) in [4.78, 5) is 107. The van der Waals surface area contributed by atoms with E-state index in [4.69, 9.17) is 0 Å². The lowest BCUT2D eigenvalue weighted by molar-refractivity contribution is -0.290. The molecule has 0 bridgehead atoms. The van der Waals surface area contributed by atoms with Crippen molar-refractivity contribution in [3.63, 3.8) is 0 Å². The second-order valence-corrected chi connectivity index (χ2v) is 24.7. The van der Waals surface area contributed by atoms with Crippen molar-refractivity contribution in [2.75, 3.05) is 23.0 Å². The highest BCUT2D eigenvalue weighted by Crippen LogP contribution is 2.61. The van der Waals surface area contributed by atoms with Gasteiger partial charge in [0.15, 0.2) is 0 Å². The predicted molar refractivity (Wildman–Crippen MR) is 364 cm³/mol. The molecule has 0 aliphatic heterocycles. The number of carboxylic acids is 4. The van der Waals surface area contributed by atoms with E-state index < -0.39 is 190 Å². The summed E-state index contributed by atoms with van der Waals surface area (Å²) in [6, 6.07) is 27.5. The van der Waals surface area contributed by atoms with Gasteiger partial charge in [0.25, 0.3) is 23.6 Å². The molecule has 0 atom stereocenters. The fraction of sp³-hybridized carbons (Fsp3) is 0.117. The Hall–Kier alpha value is -13.7. The van der Waals surface area contributed by atoms with Crippen LogP contribution in [0.4, 0.5) is 69.7 Å². The fourth-order valence-electron chi connectivity index (χ4n) is 13.6. The smallest absolute Gasteiger partial charge is 0.411 e. The summed E-state index contributed by atoms with van der Waals surface area (Å²) in [7, 11) is 0.889. The number of fused-ring (bicyclic) bond motifs is 3. The van der Waals surface area contributed by atoms with E-state index in [0.29, 0.717) is 22.3 Å². The Morgan fingerprint density at radius 2 is 0.633 bits per heavy atom. The molecule has 12 N–H and O–H groups in total. The molecule has 4 amide bonds. The number of aromatic hydroxyl groups is 4. The molecule has 1 aliphatic carbocycles. The number of rotatable bonds is 18. The summed E-state index contributed by atoms with van der Waals surface area (Å²) in [5, 5.41) is 93.2. The fourth-order valence-corrected chi connectivity index (χ4v) is 13.6. The van der Waals surface area contributed by atoms with Gasteiger partial charge in [0.2, 0.25) is 10.8 Å². The zero-order valence-electron chi connectivity index (χ0n) is 55.4. The van der Waals surface area contributed by atoms with E-state index in [1.54, 1.807) is 31.2 Å². The van der Waals surface area contributed by atoms with Crippen molar-refractivity contribution in [1.82, 2.24) is 5.32 Å². The summed E-state index contributed by atoms with van der Waals surface area (Å²) in [6.45, 7) is 1.59. The molecule has 0 radical (unpaired) electrons. The number of phenolic OH excluding ortho intramolecular Hbond substituents is 4. The van der Waals surface area contributed by atoms with E-state index in [-0.39, 0.29) is 106 Å². The van der Waals surface area contributed by atoms with Gasteiger partial charge in [-0.2, -0.15) is 52.7 Å². The van der Waals surface area contributed by atoms with Crippen molar-refractivity contribution in [1.29, 1.82) is 0 Å². The number of hydrogen-bond acceptors (Lipinski definition) is 12. The number of hydrogen-bond donors (Lipinski definition) is 12. The molecule has 10 aromatic rings. The maximum atomic E-state index is 16.1. The number of carbonyl (C=O) groups excluding carboxylic acids is 4. The number of benzene rings is 10. The molecule has 109 heavy (non-hydrogen) atoms. The standard InChI is InChI=1S/C77H50F12N4O16/c1-35-11-12-36(27-61(35)96)37-13-24-56(62(97)28-37)91-64(99)51-30-41(15-21-47(51)68(104)105)73(76(84,85)86,77(87,88)89)43-17-23-49(70(108)109)53(32-43)66(101)93-58-34-39(19-26-60(58)95)71(54-9-5-3-7-44(54)45-8-4-6-10-55(45)71)38-18-25-59(94)57(33-38)92-65(100)52-31-42(16-22-48(52)69(106)107)72(74(78,79)80,75(81,82)83)40-14-20-46(67(102)103)50(29-40)63(98)90-2/h3-34,94-97H,1-2H3,(H,90,98)(H,91,99)(H,92,100)(H,93,101)(H,102,103)(H,104,105)(H,106,107)(H,108,109). The number of aromatic carboxylic acids is 4. The lowest BCUT2D eigenvalue weighted by atomic mass is 9.67. The molecule has 0 spiro atoms. The second kappa shape index (κ2) is 27.7. The minimum atomic E-state index is -6.61. The van der Waals surface area contributed by atoms with E-state index in [1.807, 2.05) is 5.32 Å². The quantitative estimate of drug-likeness (QED) is 0.0280. The van der Waals surface area contributed by atoms with Gasteiger partial charge in [0.1, 0.15) is 23.0 Å². The number of nitrogens with one attached hydrogen (secondary N) is 4. The summed E-state index contributed by atoms with van der Waals surface area (Å²) in [5.41, 5.74) is -30.2. The Bertz CT molecular complexity index is 5450. The molecular formula is C77H50F12N4O16. The number of alkyl halides is 12. The molecule has 0 unspecified atom stereocenters. The van der Waals surface area contributed by atoms with Crippen LogP contribution in [0.1, 0.15) is 133 Å². The van der Waals surface area contributed by atoms with Crippen LogP contribution in [0.5, 0.6) is 23.0 Å². The van der Waals surface area contributed by atoms with Crippen LogP contribution in [0.2, 0.25) is 0 Å². The van der Waals surface area contributed by atoms with Gasteiger partial charge in [-0.25, -0.2) is 19.2 Å². The number of amides is 4. The van der Waals surface area contributed by atoms with Crippen LogP contribution in [-0.2, 0) is 16.2 Å². The van der Waals surface area contributed by atoms with Crippen LogP contribution < -0.4 is 21.3 Å². The van der Waals surface area contributed by atoms with Gasteiger partial charge >= 0.3 is 48.6 Å². The first-order chi connectivity index (χ1) is 51.1. The first-order valence-corrected chi connectivity index (χ1v) is 31.5. The highest BCUT2D eigenvalue weighted by atomic mass is 19.4. The SMILES string of the molecule is CNC(=O)c1cc(C(c2ccc(C(=O)O)c(C(=O)Nc3cc(C4(c5ccc(O)c(NC(=O)c6cc(C(c7ccc(C(=O)O)c(C(=O)Nc8ccc(-c9ccc(C)c(O)c9)cc8O)c7)(C(F)(F)F)C(F)(F)F)ccc6C(=O)O)c5)c5ccccc5-c5ccccc54)ccc3O)c2)(C(F)(F)F)C(F)(F)F)ccc1C(=O)O. The highest BCUT2D eigenvalue weighted by molar-refractivity contribution is 6.14. The molecule has 20 nitrogen and oxygen atoms in total. The van der Waals surface area contributed by atoms with Crippen molar-refractivity contribution >= 4 is 64.6 Å². The first-order valence-electron chi connectivity index (χ1n) is 31.5. The summed E-state index contributed by atoms with van der Waals surface area (Å²) < 4.78 is 191. The van der Waals surface area contributed by atoms with Crippen LogP contribution in [0.3, 0.4) is 0 Å². The van der Waals surface area contributed by atoms with E-state index in [1.165, 1.54) is 60.7 Å². The van der Waals surface area contributed by atoms with Crippen molar-refractivity contribution in [3.05, 3.63) is 289 Å². The Kier molecular flexibility index (Phi) is 19.4. The summed E-state index contributed by atoms with van der Waals surface area (Å²) in [6.07, 6.45) is -26.2. The topological polar surface area (TPSA) is 347 Å². The maximum Gasteiger partial charge on any atom is 0.411 e. The van der Waals surface area contributed by atoms with Crippen molar-refractivity contribution in [2.45, 2.75) is 47.9 Å². The molecule has 0 saturated heterocycles. The third kappa shape index (κ3) is 12.8. The van der Waals surface area contributed by atoms with Gasteiger partial charge in [-0.3, -0.25) is 19.2 Å². The molecule has 32 heteroatoms. The summed E-state index contributed by atoms with van der Waals surface area (Å²) in [5.74, 6) is -17.7. The minimum absolute atomic E-state index is 0.00743. The number of carboxylic acid groups (broad SMARTS) is 4. The lowest BCUT2D eigenvalue weighted by Gasteiger charge is -2.38. The molecule has 0 heterocycles. The van der Waals surface area contributed by atoms with Gasteiger partial charge in [-0.1, -0.05) is 103 Å². The van der Waals surface area contributed by atoms with Crippen molar-refractivity contribution < 1.29 is 132 Å². The predicted octanol–water partition coefficient (Wildman–Crippen LogP) is 15.6. The number of aryl methyl sites for hydroxylation is 1. The van der Waals surface area contributed by atoms with Gasteiger partial charge in [-0.15, -0.1) is 0 Å². The first kappa shape index (κ1) is 76.4. The zero-order valence-corrected chi connectivity index (χ0v) is 55.4. The average molecular weight is 1520 g/mol. The Balaban J connectivity index is 1.01. The number of phenols is 4. The van der Waals surface area contributed by atoms with Gasteiger partial charge in [0.05, 0.1) is 67.0 Å². The Labute approximate surface area is 604 Å². The minimum Gasteiger partial charge on any atom is -0.508 e. The average Bonchev–Trinajstić information content (AvgIpc) is 1.68. The van der Waals surface area contributed by atoms with Crippen LogP contribution >= 0.6 is 0 Å². The second-order valence-electron chi connectivity index (χ2n) is 24.7. The normalized spacial score (nSPS) is 12.8. The third-order valence-corrected chi connectivity index (χ3v) is 18.7. The van der Waals surface area contributed by atoms with Crippen LogP contribution in [-0.4, -0.2) is 120 Å². The van der Waals surface area contributed by atoms with Crippen molar-refractivity contribution in [2.24, 2.45) is 0 Å². The van der Waals surface area contributed by atoms with Crippen LogP contribution in [0.15, 0.2) is 194 Å². The number of anilines is 3. The van der Waals surface area contributed by atoms with Gasteiger partial charge in [-0.05, 0) is 170 Å². The highest BCUT2D eigenvalue weighted by Gasteiger charge is 2.74. The third-order valence-electron chi connectivity index (χ3n) is 18.7. The Morgan fingerprint density at radius 1 is 0.321 bits per heavy atom. The van der Waals surface area contributed by atoms with Crippen LogP contribution in [0, 0.1) is 6.92 Å². The molecule has 0 fully saturated rings. The van der Waals surface area contributed by atoms with E-state index in [2.05, 4.69) is 16.0 Å². The molecule has 558 valence electrons. The van der Waals surface area contributed by atoms with Gasteiger partial charge in [0, 0.05) is 7.05 Å².